The molecule has 0 saturated carbocycles. The van der Waals surface area contributed by atoms with Gasteiger partial charge in [-0.15, -0.1) is 11.8 Å². The van der Waals surface area contributed by atoms with E-state index in [1.807, 2.05) is 28.9 Å². The number of benzene rings is 1. The van der Waals surface area contributed by atoms with Gasteiger partial charge >= 0.3 is 0 Å². The van der Waals surface area contributed by atoms with Crippen molar-refractivity contribution in [2.24, 2.45) is 0 Å². The van der Waals surface area contributed by atoms with Crippen LogP contribution in [-0.4, -0.2) is 21.1 Å². The Kier molecular flexibility index (Phi) is 4.15. The van der Waals surface area contributed by atoms with Gasteiger partial charge in [0.15, 0.2) is 0 Å². The fourth-order valence-corrected chi connectivity index (χ4v) is 2.43. The molecule has 0 bridgehead atoms. The number of nitrogens with zero attached hydrogens (tertiary/aromatic N) is 3. The third kappa shape index (κ3) is 2.98. The lowest BCUT2D eigenvalue weighted by Crippen LogP contribution is -2.07. The van der Waals surface area contributed by atoms with Crippen molar-refractivity contribution in [2.45, 2.75) is 30.5 Å². The van der Waals surface area contributed by atoms with E-state index in [1.165, 1.54) is 0 Å². The molecule has 0 fully saturated rings. The van der Waals surface area contributed by atoms with Crippen molar-refractivity contribution in [3.63, 3.8) is 0 Å². The summed E-state index contributed by atoms with van der Waals surface area (Å²) in [6.45, 7) is 4.17. The van der Waals surface area contributed by atoms with Crippen LogP contribution in [0.1, 0.15) is 36.1 Å². The van der Waals surface area contributed by atoms with Gasteiger partial charge in [-0.25, -0.2) is 9.67 Å². The number of hydrogen-bond acceptors (Lipinski definition) is 4. The molecular formula is C13H15N3OS. The van der Waals surface area contributed by atoms with Crippen LogP contribution in [0.25, 0.3) is 0 Å². The Bertz CT molecular complexity index is 519. The van der Waals surface area contributed by atoms with E-state index in [4.69, 9.17) is 0 Å². The summed E-state index contributed by atoms with van der Waals surface area (Å²) in [5, 5.41) is 4.20. The normalized spacial score (nSPS) is 10.8. The number of thioether (sulfide) groups is 1. The Balaban J connectivity index is 2.02. The van der Waals surface area contributed by atoms with Gasteiger partial charge < -0.3 is 0 Å². The standard InChI is InChI=1S/C13H15N3OS/c1-10(2)16-13(14-9-15-16)8-18-12-5-3-11(7-17)4-6-12/h3-7,9-10H,8H2,1-2H3. The molecule has 5 heteroatoms. The minimum absolute atomic E-state index is 0.320. The van der Waals surface area contributed by atoms with Crippen molar-refractivity contribution >= 4 is 18.0 Å². The van der Waals surface area contributed by atoms with Gasteiger partial charge in [-0.2, -0.15) is 5.10 Å². The summed E-state index contributed by atoms with van der Waals surface area (Å²) in [4.78, 5) is 15.9. The van der Waals surface area contributed by atoms with Gasteiger partial charge in [0.2, 0.25) is 0 Å². The number of hydrogen-bond donors (Lipinski definition) is 0. The lowest BCUT2D eigenvalue weighted by atomic mass is 10.2. The van der Waals surface area contributed by atoms with E-state index in [1.54, 1.807) is 18.1 Å². The second-order valence-corrected chi connectivity index (χ2v) is 5.24. The van der Waals surface area contributed by atoms with E-state index >= 15 is 0 Å². The van der Waals surface area contributed by atoms with E-state index < -0.39 is 0 Å². The van der Waals surface area contributed by atoms with Crippen molar-refractivity contribution in [1.29, 1.82) is 0 Å². The molecule has 1 aromatic heterocycles. The van der Waals surface area contributed by atoms with Crippen molar-refractivity contribution < 1.29 is 4.79 Å². The quantitative estimate of drug-likeness (QED) is 0.613. The van der Waals surface area contributed by atoms with Crippen LogP contribution >= 0.6 is 11.8 Å². The second kappa shape index (κ2) is 5.82. The van der Waals surface area contributed by atoms with Crippen molar-refractivity contribution in [1.82, 2.24) is 14.8 Å². The van der Waals surface area contributed by atoms with Crippen LogP contribution in [0.15, 0.2) is 35.5 Å². The van der Waals surface area contributed by atoms with Crippen LogP contribution in [0.2, 0.25) is 0 Å². The van der Waals surface area contributed by atoms with Gasteiger partial charge in [0.1, 0.15) is 18.4 Å². The van der Waals surface area contributed by atoms with Crippen LogP contribution in [0, 0.1) is 0 Å². The topological polar surface area (TPSA) is 47.8 Å². The smallest absolute Gasteiger partial charge is 0.150 e. The molecule has 2 rings (SSSR count). The van der Waals surface area contributed by atoms with Gasteiger partial charge in [-0.1, -0.05) is 12.1 Å². The molecule has 1 aromatic carbocycles. The molecule has 0 N–H and O–H groups in total. The minimum atomic E-state index is 0.320. The number of carbonyl (C=O) groups excluding carboxylic acids is 1. The predicted molar refractivity (Wildman–Crippen MR) is 71.8 cm³/mol. The lowest BCUT2D eigenvalue weighted by molar-refractivity contribution is 0.112. The molecule has 4 nitrogen and oxygen atoms in total. The highest BCUT2D eigenvalue weighted by molar-refractivity contribution is 7.98. The lowest BCUT2D eigenvalue weighted by Gasteiger charge is -2.08. The highest BCUT2D eigenvalue weighted by atomic mass is 32.2. The molecule has 0 spiro atoms. The van der Waals surface area contributed by atoms with Crippen molar-refractivity contribution in [2.75, 3.05) is 0 Å². The Morgan fingerprint density at radius 3 is 2.67 bits per heavy atom. The molecule has 0 amide bonds. The van der Waals surface area contributed by atoms with Crippen LogP contribution in [-0.2, 0) is 5.75 Å². The first kappa shape index (κ1) is 12.8. The SMILES string of the molecule is CC(C)n1ncnc1CSc1ccc(C=O)cc1. The molecular weight excluding hydrogens is 246 g/mol. The van der Waals surface area contributed by atoms with Gasteiger partial charge in [0, 0.05) is 16.5 Å². The number of aromatic nitrogens is 3. The molecule has 0 radical (unpaired) electrons. The zero-order chi connectivity index (χ0) is 13.0. The molecule has 0 saturated heterocycles. The minimum Gasteiger partial charge on any atom is -0.298 e. The zero-order valence-electron chi connectivity index (χ0n) is 10.4. The molecule has 0 aliphatic carbocycles. The van der Waals surface area contributed by atoms with Gasteiger partial charge in [0.05, 0.1) is 5.75 Å². The summed E-state index contributed by atoms with van der Waals surface area (Å²) >= 11 is 1.69. The van der Waals surface area contributed by atoms with E-state index in [0.29, 0.717) is 11.6 Å². The largest absolute Gasteiger partial charge is 0.298 e. The maximum Gasteiger partial charge on any atom is 0.150 e. The van der Waals surface area contributed by atoms with Gasteiger partial charge in [-0.3, -0.25) is 4.79 Å². The Morgan fingerprint density at radius 1 is 1.33 bits per heavy atom. The third-order valence-corrected chi connectivity index (χ3v) is 3.53. The van der Waals surface area contributed by atoms with E-state index in [2.05, 4.69) is 23.9 Å². The molecule has 94 valence electrons. The van der Waals surface area contributed by atoms with Crippen LogP contribution in [0.4, 0.5) is 0 Å². The van der Waals surface area contributed by atoms with Gasteiger partial charge in [0.25, 0.3) is 0 Å². The first-order valence-corrected chi connectivity index (χ1v) is 6.75. The van der Waals surface area contributed by atoms with E-state index in [0.717, 1.165) is 22.8 Å². The van der Waals surface area contributed by atoms with Gasteiger partial charge in [-0.05, 0) is 26.0 Å². The molecule has 0 aliphatic rings. The molecule has 1 heterocycles. The van der Waals surface area contributed by atoms with Crippen molar-refractivity contribution in [3.05, 3.63) is 42.0 Å². The molecule has 0 atom stereocenters. The van der Waals surface area contributed by atoms with Crippen LogP contribution in [0.3, 0.4) is 0 Å². The predicted octanol–water partition coefficient (Wildman–Crippen LogP) is 2.96. The summed E-state index contributed by atoms with van der Waals surface area (Å²) in [6, 6.07) is 7.86. The first-order valence-electron chi connectivity index (χ1n) is 5.77. The maximum atomic E-state index is 10.6. The van der Waals surface area contributed by atoms with Crippen molar-refractivity contribution in [3.8, 4) is 0 Å². The molecule has 2 aromatic rings. The second-order valence-electron chi connectivity index (χ2n) is 4.19. The van der Waals surface area contributed by atoms with E-state index in [-0.39, 0.29) is 0 Å². The summed E-state index contributed by atoms with van der Waals surface area (Å²) in [6.07, 6.45) is 2.44. The first-order chi connectivity index (χ1) is 8.70. The number of aldehydes is 1. The zero-order valence-corrected chi connectivity index (χ0v) is 11.2. The average molecular weight is 261 g/mol. The average Bonchev–Trinajstić information content (AvgIpc) is 2.85. The molecule has 0 aliphatic heterocycles. The number of carbonyl (C=O) groups is 1. The Morgan fingerprint density at radius 2 is 2.06 bits per heavy atom. The fourth-order valence-electron chi connectivity index (χ4n) is 1.60. The summed E-state index contributed by atoms with van der Waals surface area (Å²) in [5.41, 5.74) is 0.699. The third-order valence-electron chi connectivity index (χ3n) is 2.52. The monoisotopic (exact) mass is 261 g/mol. The van der Waals surface area contributed by atoms with Crippen LogP contribution in [0.5, 0.6) is 0 Å². The molecule has 0 unspecified atom stereocenters. The highest BCUT2D eigenvalue weighted by Crippen LogP contribution is 2.22. The Hall–Kier alpha value is -1.62. The summed E-state index contributed by atoms with van der Waals surface area (Å²) in [7, 11) is 0. The highest BCUT2D eigenvalue weighted by Gasteiger charge is 2.07. The summed E-state index contributed by atoms with van der Waals surface area (Å²) in [5.74, 6) is 1.74. The summed E-state index contributed by atoms with van der Waals surface area (Å²) < 4.78 is 1.92. The fraction of sp³-hybridized carbons (Fsp3) is 0.308. The van der Waals surface area contributed by atoms with Crippen LogP contribution < -0.4 is 0 Å². The molecule has 18 heavy (non-hydrogen) atoms. The Labute approximate surface area is 110 Å². The number of rotatable bonds is 5. The van der Waals surface area contributed by atoms with E-state index in [9.17, 15) is 4.79 Å². The maximum absolute atomic E-state index is 10.6.